The third-order valence-corrected chi connectivity index (χ3v) is 7.17. The van der Waals surface area contributed by atoms with E-state index in [1.807, 2.05) is 74.5 Å². The molecule has 4 rings (SSSR count). The van der Waals surface area contributed by atoms with E-state index in [9.17, 15) is 19.2 Å². The first kappa shape index (κ1) is 29.5. The maximum atomic E-state index is 12.9. The summed E-state index contributed by atoms with van der Waals surface area (Å²) >= 11 is 1.24. The summed E-state index contributed by atoms with van der Waals surface area (Å²) < 4.78 is 10.5. The fourth-order valence-corrected chi connectivity index (χ4v) is 5.03. The van der Waals surface area contributed by atoms with Crippen molar-refractivity contribution in [1.29, 1.82) is 0 Å². The van der Waals surface area contributed by atoms with Gasteiger partial charge >= 0.3 is 12.2 Å². The lowest BCUT2D eigenvalue weighted by Crippen LogP contribution is -2.48. The van der Waals surface area contributed by atoms with E-state index < -0.39 is 36.1 Å². The summed E-state index contributed by atoms with van der Waals surface area (Å²) in [5.41, 5.74) is 4.37. The van der Waals surface area contributed by atoms with Crippen molar-refractivity contribution in [1.82, 2.24) is 26.1 Å². The van der Waals surface area contributed by atoms with Crippen molar-refractivity contribution >= 4 is 35.3 Å². The SMILES string of the molecule is CC(C)C[C@H](NC(=O)OCc1ccccc1)c1nc(C(=O)NN2CC[C@H](NC(=O)OCc3ccccc3)C2=O)cs1. The molecule has 12 heteroatoms. The summed E-state index contributed by atoms with van der Waals surface area (Å²) in [4.78, 5) is 54.7. The number of thiazole rings is 1. The van der Waals surface area contributed by atoms with Gasteiger partial charge in [-0.2, -0.15) is 0 Å². The minimum Gasteiger partial charge on any atom is -0.445 e. The van der Waals surface area contributed by atoms with Gasteiger partial charge in [-0.15, -0.1) is 11.3 Å². The fraction of sp³-hybridized carbons (Fsp3) is 0.345. The molecule has 1 aliphatic rings. The molecule has 11 nitrogen and oxygen atoms in total. The maximum Gasteiger partial charge on any atom is 0.408 e. The number of carbonyl (C=O) groups is 4. The Morgan fingerprint density at radius 2 is 1.59 bits per heavy atom. The van der Waals surface area contributed by atoms with Crippen LogP contribution in [-0.2, 0) is 27.5 Å². The van der Waals surface area contributed by atoms with E-state index >= 15 is 0 Å². The van der Waals surface area contributed by atoms with Crippen LogP contribution in [0.1, 0.15) is 59.4 Å². The van der Waals surface area contributed by atoms with Crippen molar-refractivity contribution in [2.24, 2.45) is 5.92 Å². The van der Waals surface area contributed by atoms with Gasteiger partial charge in [0.25, 0.3) is 11.8 Å². The van der Waals surface area contributed by atoms with Gasteiger partial charge in [0.15, 0.2) is 0 Å². The summed E-state index contributed by atoms with van der Waals surface area (Å²) in [5.74, 6) is -0.782. The summed E-state index contributed by atoms with van der Waals surface area (Å²) in [6.07, 6.45) is -0.388. The molecule has 1 fully saturated rings. The Kier molecular flexibility index (Phi) is 10.3. The largest absolute Gasteiger partial charge is 0.445 e. The normalized spacial score (nSPS) is 15.3. The van der Waals surface area contributed by atoms with Crippen molar-refractivity contribution < 1.29 is 28.7 Å². The lowest BCUT2D eigenvalue weighted by molar-refractivity contribution is -0.131. The van der Waals surface area contributed by atoms with Crippen LogP contribution >= 0.6 is 11.3 Å². The number of hydrogen-bond acceptors (Lipinski definition) is 8. The van der Waals surface area contributed by atoms with Gasteiger partial charge in [-0.25, -0.2) is 14.6 Å². The number of hydrogen-bond donors (Lipinski definition) is 3. The van der Waals surface area contributed by atoms with Crippen LogP contribution in [0.15, 0.2) is 66.0 Å². The van der Waals surface area contributed by atoms with Crippen LogP contribution in [0.5, 0.6) is 0 Å². The molecule has 2 heterocycles. The number of aromatic nitrogens is 1. The Labute approximate surface area is 242 Å². The van der Waals surface area contributed by atoms with E-state index in [1.165, 1.54) is 11.3 Å². The molecule has 0 radical (unpaired) electrons. The number of rotatable bonds is 11. The number of nitrogens with zero attached hydrogens (tertiary/aromatic N) is 2. The average Bonchev–Trinajstić information content (AvgIpc) is 3.59. The summed E-state index contributed by atoms with van der Waals surface area (Å²) in [7, 11) is 0. The van der Waals surface area contributed by atoms with Crippen LogP contribution in [0.3, 0.4) is 0 Å². The molecule has 1 aromatic heterocycles. The third-order valence-electron chi connectivity index (χ3n) is 6.21. The second-order valence-corrected chi connectivity index (χ2v) is 10.8. The van der Waals surface area contributed by atoms with Crippen LogP contribution in [0.25, 0.3) is 0 Å². The van der Waals surface area contributed by atoms with Gasteiger partial charge in [0.2, 0.25) is 0 Å². The number of hydrazine groups is 1. The molecule has 0 unspecified atom stereocenters. The molecular weight excluding hydrogens is 546 g/mol. The Morgan fingerprint density at radius 1 is 0.976 bits per heavy atom. The Morgan fingerprint density at radius 3 is 2.20 bits per heavy atom. The number of nitrogens with one attached hydrogen (secondary N) is 3. The molecule has 4 amide bonds. The van der Waals surface area contributed by atoms with Crippen molar-refractivity contribution in [3.05, 3.63) is 87.9 Å². The van der Waals surface area contributed by atoms with E-state index in [0.29, 0.717) is 17.8 Å². The zero-order valence-corrected chi connectivity index (χ0v) is 23.7. The van der Waals surface area contributed by atoms with Crippen LogP contribution in [0, 0.1) is 5.92 Å². The lowest BCUT2D eigenvalue weighted by Gasteiger charge is -2.19. The molecule has 3 N–H and O–H groups in total. The predicted molar refractivity (Wildman–Crippen MR) is 151 cm³/mol. The molecule has 0 bridgehead atoms. The van der Waals surface area contributed by atoms with Crippen LogP contribution in [0.4, 0.5) is 9.59 Å². The Bertz CT molecular complexity index is 1330. The molecule has 216 valence electrons. The number of carbonyl (C=O) groups excluding carboxylic acids is 4. The van der Waals surface area contributed by atoms with E-state index in [0.717, 1.165) is 16.1 Å². The highest BCUT2D eigenvalue weighted by molar-refractivity contribution is 7.09. The van der Waals surface area contributed by atoms with Crippen LogP contribution < -0.4 is 16.1 Å². The highest BCUT2D eigenvalue weighted by atomic mass is 32.1. The van der Waals surface area contributed by atoms with Gasteiger partial charge < -0.3 is 20.1 Å². The number of ether oxygens (including phenoxy) is 2. The van der Waals surface area contributed by atoms with Gasteiger partial charge in [-0.3, -0.25) is 20.0 Å². The molecule has 2 atom stereocenters. The molecule has 1 saturated heterocycles. The first-order valence-corrected chi connectivity index (χ1v) is 14.2. The van der Waals surface area contributed by atoms with Crippen LogP contribution in [-0.4, -0.2) is 46.6 Å². The van der Waals surface area contributed by atoms with E-state index in [-0.39, 0.29) is 31.4 Å². The number of benzene rings is 2. The third kappa shape index (κ3) is 8.77. The molecule has 0 spiro atoms. The van der Waals surface area contributed by atoms with Crippen molar-refractivity contribution in [3.8, 4) is 0 Å². The second kappa shape index (κ2) is 14.3. The molecule has 0 saturated carbocycles. The number of amides is 4. The first-order valence-electron chi connectivity index (χ1n) is 13.3. The minimum absolute atomic E-state index is 0.0810. The van der Waals surface area contributed by atoms with Gasteiger partial charge in [-0.05, 0) is 29.9 Å². The topological polar surface area (TPSA) is 139 Å². The zero-order valence-electron chi connectivity index (χ0n) is 22.9. The highest BCUT2D eigenvalue weighted by Crippen LogP contribution is 2.25. The first-order chi connectivity index (χ1) is 19.8. The predicted octanol–water partition coefficient (Wildman–Crippen LogP) is 4.33. The maximum absolute atomic E-state index is 12.9. The zero-order chi connectivity index (χ0) is 29.2. The second-order valence-electron chi connectivity index (χ2n) is 9.94. The molecule has 1 aliphatic heterocycles. The lowest BCUT2D eigenvalue weighted by atomic mass is 10.0. The minimum atomic E-state index is -0.814. The molecular formula is C29H33N5O6S. The molecule has 3 aromatic rings. The van der Waals surface area contributed by atoms with Gasteiger partial charge in [0, 0.05) is 11.9 Å². The van der Waals surface area contributed by atoms with Gasteiger partial charge in [0.1, 0.15) is 30.0 Å². The molecule has 2 aromatic carbocycles. The molecule has 0 aliphatic carbocycles. The summed E-state index contributed by atoms with van der Waals surface area (Å²) in [5, 5.41) is 8.69. The number of alkyl carbamates (subject to hydrolysis) is 2. The average molecular weight is 580 g/mol. The van der Waals surface area contributed by atoms with Crippen molar-refractivity contribution in [3.63, 3.8) is 0 Å². The van der Waals surface area contributed by atoms with Crippen molar-refractivity contribution in [2.45, 2.75) is 52.0 Å². The van der Waals surface area contributed by atoms with E-state index in [1.54, 1.807) is 5.38 Å². The summed E-state index contributed by atoms with van der Waals surface area (Å²) in [6.45, 7) is 4.48. The molecule has 41 heavy (non-hydrogen) atoms. The quantitative estimate of drug-likeness (QED) is 0.307. The van der Waals surface area contributed by atoms with E-state index in [2.05, 4.69) is 21.0 Å². The van der Waals surface area contributed by atoms with Crippen molar-refractivity contribution in [2.75, 3.05) is 6.54 Å². The fourth-order valence-electron chi connectivity index (χ4n) is 4.16. The Balaban J connectivity index is 1.28. The smallest absolute Gasteiger partial charge is 0.408 e. The van der Waals surface area contributed by atoms with Gasteiger partial charge in [0.05, 0.1) is 6.04 Å². The Hall–Kier alpha value is -4.45. The monoisotopic (exact) mass is 579 g/mol. The van der Waals surface area contributed by atoms with Gasteiger partial charge in [-0.1, -0.05) is 74.5 Å². The van der Waals surface area contributed by atoms with E-state index in [4.69, 9.17) is 9.47 Å². The van der Waals surface area contributed by atoms with Crippen LogP contribution in [0.2, 0.25) is 0 Å². The highest BCUT2D eigenvalue weighted by Gasteiger charge is 2.35. The standard InChI is InChI=1S/C29H33N5O6S/c1-19(2)15-23(32-29(38)40-17-21-11-7-4-8-12-21)26-30-24(18-41-26)25(35)33-34-14-13-22(27(34)36)31-28(37)39-16-20-9-5-3-6-10-20/h3-12,18-19,22-23H,13-17H2,1-2H3,(H,31,37)(H,32,38)(H,33,35)/t22-,23-/m0/s1. The summed E-state index contributed by atoms with van der Waals surface area (Å²) in [6, 6.07) is 17.3.